The minimum atomic E-state index is -1.36. The summed E-state index contributed by atoms with van der Waals surface area (Å²) in [5.41, 5.74) is 18.5. The summed E-state index contributed by atoms with van der Waals surface area (Å²) in [4.78, 5) is 38.8. The molecule has 3 rings (SSSR count). The zero-order chi connectivity index (χ0) is 26.1. The summed E-state index contributed by atoms with van der Waals surface area (Å²) >= 11 is 0. The average Bonchev–Trinajstić information content (AvgIpc) is 2.86. The molecular formula is C27H32N4O5. The fourth-order valence-corrected chi connectivity index (χ4v) is 3.57. The number of amides is 1. The lowest BCUT2D eigenvalue weighted by molar-refractivity contribution is -0.133. The van der Waals surface area contributed by atoms with Crippen molar-refractivity contribution in [1.82, 2.24) is 5.32 Å². The van der Waals surface area contributed by atoms with Gasteiger partial charge in [-0.05, 0) is 36.1 Å². The number of nitrogens with two attached hydrogens (primary N) is 3. The van der Waals surface area contributed by atoms with E-state index in [1.165, 1.54) is 13.0 Å². The van der Waals surface area contributed by atoms with E-state index < -0.39 is 41.7 Å². The molecule has 36 heavy (non-hydrogen) atoms. The van der Waals surface area contributed by atoms with Crippen LogP contribution >= 0.6 is 0 Å². The van der Waals surface area contributed by atoms with Crippen molar-refractivity contribution in [3.63, 3.8) is 0 Å². The fraction of sp³-hybridized carbons (Fsp3) is 0.296. The van der Waals surface area contributed by atoms with E-state index in [9.17, 15) is 14.4 Å². The van der Waals surface area contributed by atoms with E-state index in [1.54, 1.807) is 24.3 Å². The van der Waals surface area contributed by atoms with Crippen LogP contribution in [0.3, 0.4) is 0 Å². The highest BCUT2D eigenvalue weighted by atomic mass is 16.7. The van der Waals surface area contributed by atoms with E-state index in [-0.39, 0.29) is 19.4 Å². The number of benzene rings is 2. The van der Waals surface area contributed by atoms with Crippen molar-refractivity contribution in [2.45, 2.75) is 50.2 Å². The van der Waals surface area contributed by atoms with Crippen molar-refractivity contribution in [1.29, 1.82) is 0 Å². The first-order valence-electron chi connectivity index (χ1n) is 11.6. The van der Waals surface area contributed by atoms with Crippen molar-refractivity contribution >= 4 is 17.8 Å². The van der Waals surface area contributed by atoms with E-state index in [1.807, 2.05) is 48.5 Å². The van der Waals surface area contributed by atoms with E-state index in [0.717, 1.165) is 11.1 Å². The fourth-order valence-electron chi connectivity index (χ4n) is 3.57. The number of nitrogens with one attached hydrogen (secondary N) is 1. The first-order valence-corrected chi connectivity index (χ1v) is 11.6. The summed E-state index contributed by atoms with van der Waals surface area (Å²) in [6.45, 7) is 1.49. The minimum absolute atomic E-state index is 0.0287. The van der Waals surface area contributed by atoms with Crippen molar-refractivity contribution in [2.24, 2.45) is 17.2 Å². The van der Waals surface area contributed by atoms with Crippen molar-refractivity contribution < 1.29 is 23.9 Å². The van der Waals surface area contributed by atoms with Gasteiger partial charge in [-0.1, -0.05) is 72.8 Å². The van der Waals surface area contributed by atoms with E-state index in [0.29, 0.717) is 5.57 Å². The van der Waals surface area contributed by atoms with Gasteiger partial charge in [-0.3, -0.25) is 9.59 Å². The second kappa shape index (κ2) is 12.3. The van der Waals surface area contributed by atoms with Gasteiger partial charge in [0.15, 0.2) is 6.10 Å². The zero-order valence-electron chi connectivity index (χ0n) is 20.1. The van der Waals surface area contributed by atoms with Crippen LogP contribution in [-0.4, -0.2) is 41.7 Å². The third kappa shape index (κ3) is 7.88. The number of ether oxygens (including phenoxy) is 2. The Hall–Kier alpha value is -3.79. The quantitative estimate of drug-likeness (QED) is 0.289. The highest BCUT2D eigenvalue weighted by Crippen LogP contribution is 2.22. The van der Waals surface area contributed by atoms with Crippen LogP contribution in [0, 0.1) is 0 Å². The van der Waals surface area contributed by atoms with Gasteiger partial charge < -0.3 is 32.0 Å². The molecule has 2 aromatic rings. The molecule has 0 aromatic heterocycles. The zero-order valence-corrected chi connectivity index (χ0v) is 20.1. The molecule has 0 heterocycles. The Kier molecular flexibility index (Phi) is 9.13. The predicted octanol–water partition coefficient (Wildman–Crippen LogP) is 1.85. The SMILES string of the molecule is C[C@@H](N)C(=O)N[C@@H](Cc1ccccc1)C(=O)C(OC(=O)OCc1ccccc1)C1=CCC(N)(N)C=C1. The number of Topliss-reactive ketones (excluding diaryl/α,β-unsaturated/α-hetero) is 1. The molecule has 1 aliphatic carbocycles. The Morgan fingerprint density at radius 1 is 1.00 bits per heavy atom. The molecule has 1 unspecified atom stereocenters. The first kappa shape index (κ1) is 26.8. The van der Waals surface area contributed by atoms with Crippen molar-refractivity contribution in [3.8, 4) is 0 Å². The molecule has 0 radical (unpaired) electrons. The smallest absolute Gasteiger partial charge is 0.429 e. The second-order valence-electron chi connectivity index (χ2n) is 8.82. The van der Waals surface area contributed by atoms with Crippen LogP contribution in [0.25, 0.3) is 0 Å². The van der Waals surface area contributed by atoms with Gasteiger partial charge in [0.1, 0.15) is 6.61 Å². The Morgan fingerprint density at radius 2 is 1.61 bits per heavy atom. The van der Waals surface area contributed by atoms with Gasteiger partial charge in [-0.15, -0.1) is 0 Å². The van der Waals surface area contributed by atoms with Gasteiger partial charge in [0.2, 0.25) is 11.7 Å². The van der Waals surface area contributed by atoms with Gasteiger partial charge in [0, 0.05) is 6.42 Å². The molecule has 0 fully saturated rings. The highest BCUT2D eigenvalue weighted by molar-refractivity contribution is 5.96. The second-order valence-corrected chi connectivity index (χ2v) is 8.82. The standard InChI is InChI=1S/C27H32N4O5/c1-18(28)25(33)31-22(16-19-8-4-2-5-9-19)23(32)24(21-12-14-27(29,30)15-13-21)36-26(34)35-17-20-10-6-3-7-11-20/h2-14,18,22,24H,15-17,28-30H2,1H3,(H,31,33)/t18-,22+,24?/m1/s1. The summed E-state index contributed by atoms with van der Waals surface area (Å²) in [5, 5.41) is 2.69. The van der Waals surface area contributed by atoms with Crippen LogP contribution in [0.4, 0.5) is 4.79 Å². The number of carbonyl (C=O) groups excluding carboxylic acids is 3. The number of rotatable bonds is 10. The Labute approximate surface area is 210 Å². The molecule has 7 N–H and O–H groups in total. The third-order valence-electron chi connectivity index (χ3n) is 5.61. The third-order valence-corrected chi connectivity index (χ3v) is 5.61. The molecule has 1 aliphatic rings. The molecule has 190 valence electrons. The van der Waals surface area contributed by atoms with Crippen LogP contribution < -0.4 is 22.5 Å². The Morgan fingerprint density at radius 3 is 2.17 bits per heavy atom. The molecule has 0 bridgehead atoms. The largest absolute Gasteiger partial charge is 0.509 e. The minimum Gasteiger partial charge on any atom is -0.429 e. The summed E-state index contributed by atoms with van der Waals surface area (Å²) in [7, 11) is 0. The topological polar surface area (TPSA) is 160 Å². The summed E-state index contributed by atoms with van der Waals surface area (Å²) < 4.78 is 10.7. The van der Waals surface area contributed by atoms with Gasteiger partial charge in [-0.25, -0.2) is 4.79 Å². The highest BCUT2D eigenvalue weighted by Gasteiger charge is 2.35. The van der Waals surface area contributed by atoms with Gasteiger partial charge in [0.05, 0.1) is 17.7 Å². The van der Waals surface area contributed by atoms with Crippen molar-refractivity contribution in [2.75, 3.05) is 0 Å². The molecule has 1 amide bonds. The van der Waals surface area contributed by atoms with Crippen LogP contribution in [-0.2, 0) is 32.1 Å². The van der Waals surface area contributed by atoms with Gasteiger partial charge >= 0.3 is 6.16 Å². The Balaban J connectivity index is 1.84. The molecule has 0 saturated heterocycles. The molecule has 0 aliphatic heterocycles. The first-order chi connectivity index (χ1) is 17.1. The summed E-state index contributed by atoms with van der Waals surface area (Å²) in [5.74, 6) is -1.05. The van der Waals surface area contributed by atoms with Crippen LogP contribution in [0.15, 0.2) is 84.5 Å². The van der Waals surface area contributed by atoms with Gasteiger partial charge in [0.25, 0.3) is 0 Å². The number of carbonyl (C=O) groups is 3. The molecule has 9 nitrogen and oxygen atoms in total. The van der Waals surface area contributed by atoms with Crippen LogP contribution in [0.1, 0.15) is 24.5 Å². The average molecular weight is 493 g/mol. The van der Waals surface area contributed by atoms with E-state index >= 15 is 0 Å². The molecule has 2 aromatic carbocycles. The predicted molar refractivity (Wildman–Crippen MR) is 135 cm³/mol. The summed E-state index contributed by atoms with van der Waals surface area (Å²) in [6.07, 6.45) is 2.73. The number of hydrogen-bond acceptors (Lipinski definition) is 8. The molecule has 0 spiro atoms. The lowest BCUT2D eigenvalue weighted by Gasteiger charge is -2.28. The maximum absolute atomic E-state index is 13.8. The maximum Gasteiger partial charge on any atom is 0.509 e. The molecular weight excluding hydrogens is 460 g/mol. The molecule has 3 atom stereocenters. The van der Waals surface area contributed by atoms with Crippen molar-refractivity contribution in [3.05, 3.63) is 95.6 Å². The summed E-state index contributed by atoms with van der Waals surface area (Å²) in [6, 6.07) is 16.4. The Bertz CT molecular complexity index is 1110. The number of ketones is 1. The monoisotopic (exact) mass is 492 g/mol. The van der Waals surface area contributed by atoms with Crippen LogP contribution in [0.5, 0.6) is 0 Å². The lowest BCUT2D eigenvalue weighted by atomic mass is 9.90. The molecule has 0 saturated carbocycles. The maximum atomic E-state index is 13.8. The van der Waals surface area contributed by atoms with E-state index in [2.05, 4.69) is 5.32 Å². The number of hydrogen-bond donors (Lipinski definition) is 4. The van der Waals surface area contributed by atoms with Crippen LogP contribution in [0.2, 0.25) is 0 Å². The lowest BCUT2D eigenvalue weighted by Crippen LogP contribution is -2.52. The van der Waals surface area contributed by atoms with E-state index in [4.69, 9.17) is 26.7 Å². The normalized spacial score (nSPS) is 16.7. The van der Waals surface area contributed by atoms with Gasteiger partial charge in [-0.2, -0.15) is 0 Å². The molecule has 9 heteroatoms.